The maximum Gasteiger partial charge on any atom is 0.174 e. The minimum Gasteiger partial charge on any atom is -0.493 e. The van der Waals surface area contributed by atoms with Crippen LogP contribution in [0.25, 0.3) is 0 Å². The fourth-order valence-electron chi connectivity index (χ4n) is 8.77. The Hall–Kier alpha value is -5.68. The highest BCUT2D eigenvalue weighted by Gasteiger charge is 2.34. The molecule has 5 aromatic rings. The highest BCUT2D eigenvalue weighted by Crippen LogP contribution is 2.50. The number of benzene rings is 5. The van der Waals surface area contributed by atoms with E-state index < -0.39 is 0 Å². The summed E-state index contributed by atoms with van der Waals surface area (Å²) in [5.74, 6) is 4.37. The summed E-state index contributed by atoms with van der Waals surface area (Å²) in [7, 11) is 7.62. The van der Waals surface area contributed by atoms with Crippen molar-refractivity contribution >= 4 is 12.1 Å². The lowest BCUT2D eigenvalue weighted by Crippen LogP contribution is -2.34. The monoisotopic (exact) mass is 796 g/mol. The SMILES string of the molecule is COc1cc2c3cc1Oc1c(OC)c(CO)cc4c1[C@@H](Cc1ccc(OCCCCC(=O)c5ccc(C=O)cc5)c(c1)Oc1ccc(cc1)CC3N(C)CC2)N(C)CC4. The molecule has 9 rings (SSSR count). The van der Waals surface area contributed by atoms with Gasteiger partial charge in [-0.15, -0.1) is 0 Å². The molecule has 0 saturated heterocycles. The molecule has 10 nitrogen and oxygen atoms in total. The summed E-state index contributed by atoms with van der Waals surface area (Å²) in [4.78, 5) is 28.5. The molecule has 2 atom stereocenters. The van der Waals surface area contributed by atoms with Crippen LogP contribution in [0.4, 0.5) is 0 Å². The minimum atomic E-state index is -0.186. The lowest BCUT2D eigenvalue weighted by atomic mass is 9.86. The number of methoxy groups -OCH3 is 2. The predicted octanol–water partition coefficient (Wildman–Crippen LogP) is 8.88. The van der Waals surface area contributed by atoms with Crippen molar-refractivity contribution in [1.82, 2.24) is 9.80 Å². The number of ketones is 1. The van der Waals surface area contributed by atoms with Crippen LogP contribution in [0.3, 0.4) is 0 Å². The van der Waals surface area contributed by atoms with Crippen LogP contribution < -0.4 is 23.7 Å². The Labute approximate surface area is 346 Å². The first-order chi connectivity index (χ1) is 28.8. The molecule has 0 amide bonds. The highest BCUT2D eigenvalue weighted by molar-refractivity contribution is 5.96. The van der Waals surface area contributed by atoms with Crippen LogP contribution in [0.2, 0.25) is 0 Å². The first-order valence-electron chi connectivity index (χ1n) is 20.5. The fraction of sp³-hybridized carbons (Fsp3) is 0.347. The normalized spacial score (nSPS) is 17.4. The second-order valence-corrected chi connectivity index (χ2v) is 15.8. The summed E-state index contributed by atoms with van der Waals surface area (Å²) in [6, 6.07) is 27.5. The van der Waals surface area contributed by atoms with Crippen LogP contribution in [0.5, 0.6) is 40.2 Å². The molecule has 10 heteroatoms. The molecule has 59 heavy (non-hydrogen) atoms. The number of Topliss-reactive ketones (excluding diaryl/α,β-unsaturated/α-hetero) is 1. The second-order valence-electron chi connectivity index (χ2n) is 15.8. The van der Waals surface area contributed by atoms with E-state index in [0.717, 1.165) is 55.3 Å². The number of hydrogen-bond acceptors (Lipinski definition) is 10. The standard InChI is InChI=1S/C49H52N2O8/c1-50-20-18-35-27-44(55-3)46-28-39(35)40(50)23-31-10-15-38(16-11-31)58-45-25-33(12-17-43(45)57-22-6-5-7-42(54)34-13-8-32(29-52)9-14-34)24-41-47-36(19-21-51(41)2)26-37(30-53)48(56-4)49(47)59-46/h8-17,25-29,40-41,53H,5-7,18-24,30H2,1-4H3/t40?,41-/m1/s1. The van der Waals surface area contributed by atoms with Gasteiger partial charge in [0.25, 0.3) is 0 Å². The van der Waals surface area contributed by atoms with E-state index >= 15 is 0 Å². The lowest BCUT2D eigenvalue weighted by molar-refractivity contribution is 0.0977. The zero-order chi connectivity index (χ0) is 41.0. The number of carbonyl (C=O) groups excluding carboxylic acids is 2. The number of ether oxygens (including phenoxy) is 5. The van der Waals surface area contributed by atoms with Crippen molar-refractivity contribution in [3.8, 4) is 40.2 Å². The Morgan fingerprint density at radius 2 is 1.49 bits per heavy atom. The third-order valence-electron chi connectivity index (χ3n) is 12.1. The molecule has 0 fully saturated rings. The van der Waals surface area contributed by atoms with E-state index in [4.69, 9.17) is 23.7 Å². The van der Waals surface area contributed by atoms with Crippen molar-refractivity contribution in [1.29, 1.82) is 0 Å². The molecule has 1 unspecified atom stereocenters. The zero-order valence-electron chi connectivity index (χ0n) is 34.3. The smallest absolute Gasteiger partial charge is 0.174 e. The van der Waals surface area contributed by atoms with Crippen LogP contribution >= 0.6 is 0 Å². The van der Waals surface area contributed by atoms with Crippen molar-refractivity contribution in [2.24, 2.45) is 0 Å². The molecular weight excluding hydrogens is 745 g/mol. The van der Waals surface area contributed by atoms with Gasteiger partial charge in [-0.1, -0.05) is 42.5 Å². The first-order valence-corrected chi connectivity index (χ1v) is 20.5. The molecule has 306 valence electrons. The number of aliphatic hydroxyl groups excluding tert-OH is 1. The fourth-order valence-corrected chi connectivity index (χ4v) is 8.77. The Kier molecular flexibility index (Phi) is 12.0. The number of unbranched alkanes of at least 4 members (excludes halogenated alkanes) is 1. The van der Waals surface area contributed by atoms with Gasteiger partial charge in [-0.25, -0.2) is 0 Å². The Balaban J connectivity index is 1.15. The van der Waals surface area contributed by atoms with E-state index in [-0.39, 0.29) is 24.5 Å². The zero-order valence-corrected chi connectivity index (χ0v) is 34.3. The largest absolute Gasteiger partial charge is 0.493 e. The third kappa shape index (κ3) is 8.44. The molecule has 0 spiro atoms. The quantitative estimate of drug-likeness (QED) is 0.0792. The number of fused-ring (bicyclic) bond motifs is 2. The lowest BCUT2D eigenvalue weighted by Gasteiger charge is -2.37. The molecule has 6 bridgehead atoms. The predicted molar refractivity (Wildman–Crippen MR) is 226 cm³/mol. The molecule has 0 radical (unpaired) electrons. The van der Waals surface area contributed by atoms with E-state index in [1.165, 1.54) is 16.7 Å². The molecule has 0 aliphatic carbocycles. The number of rotatable bonds is 11. The van der Waals surface area contributed by atoms with E-state index in [0.29, 0.717) is 89.2 Å². The molecule has 4 aliphatic heterocycles. The van der Waals surface area contributed by atoms with Gasteiger partial charge < -0.3 is 28.8 Å². The third-order valence-corrected chi connectivity index (χ3v) is 12.1. The van der Waals surface area contributed by atoms with E-state index in [1.807, 2.05) is 18.2 Å². The van der Waals surface area contributed by atoms with Crippen LogP contribution in [0, 0.1) is 0 Å². The van der Waals surface area contributed by atoms with Crippen LogP contribution in [-0.4, -0.2) is 75.0 Å². The van der Waals surface area contributed by atoms with Gasteiger partial charge in [-0.2, -0.15) is 0 Å². The van der Waals surface area contributed by atoms with Crippen molar-refractivity contribution in [3.05, 3.63) is 135 Å². The summed E-state index contributed by atoms with van der Waals surface area (Å²) < 4.78 is 32.1. The summed E-state index contributed by atoms with van der Waals surface area (Å²) in [5.41, 5.74) is 8.64. The molecule has 1 N–H and O–H groups in total. The first kappa shape index (κ1) is 40.1. The summed E-state index contributed by atoms with van der Waals surface area (Å²) in [5, 5.41) is 10.6. The van der Waals surface area contributed by atoms with Crippen LogP contribution in [0.15, 0.2) is 84.9 Å². The summed E-state index contributed by atoms with van der Waals surface area (Å²) in [6.07, 6.45) is 5.63. The number of carbonyl (C=O) groups is 2. The Morgan fingerprint density at radius 1 is 0.780 bits per heavy atom. The summed E-state index contributed by atoms with van der Waals surface area (Å²) in [6.45, 7) is 1.98. The molecular formula is C49H52N2O8. The van der Waals surface area contributed by atoms with Crippen molar-refractivity contribution in [2.45, 2.75) is 63.6 Å². The van der Waals surface area contributed by atoms with Gasteiger partial charge in [-0.3, -0.25) is 19.4 Å². The molecule has 0 aromatic heterocycles. The maximum atomic E-state index is 12.8. The van der Waals surface area contributed by atoms with Gasteiger partial charge >= 0.3 is 0 Å². The Morgan fingerprint density at radius 3 is 2.22 bits per heavy atom. The van der Waals surface area contributed by atoms with Crippen molar-refractivity contribution in [2.75, 3.05) is 48.0 Å². The average Bonchev–Trinajstić information content (AvgIpc) is 3.26. The van der Waals surface area contributed by atoms with Crippen molar-refractivity contribution in [3.63, 3.8) is 0 Å². The van der Waals surface area contributed by atoms with Gasteiger partial charge in [0.1, 0.15) is 12.0 Å². The van der Waals surface area contributed by atoms with Gasteiger partial charge in [0.2, 0.25) is 0 Å². The molecule has 4 aliphatic rings. The van der Waals surface area contributed by atoms with Crippen LogP contribution in [-0.2, 0) is 32.3 Å². The average molecular weight is 797 g/mol. The van der Waals surface area contributed by atoms with Gasteiger partial charge in [-0.05, 0) is 123 Å². The number of aliphatic hydroxyl groups is 1. The molecule has 0 saturated carbocycles. The van der Waals surface area contributed by atoms with Gasteiger partial charge in [0, 0.05) is 53.8 Å². The highest BCUT2D eigenvalue weighted by atomic mass is 16.5. The number of aldehydes is 1. The summed E-state index contributed by atoms with van der Waals surface area (Å²) >= 11 is 0. The van der Waals surface area contributed by atoms with Crippen molar-refractivity contribution < 1.29 is 38.4 Å². The van der Waals surface area contributed by atoms with Gasteiger partial charge in [0.15, 0.2) is 40.3 Å². The van der Waals surface area contributed by atoms with E-state index in [2.05, 4.69) is 66.4 Å². The number of likely N-dealkylation sites (N-methyl/N-ethyl adjacent to an activating group) is 2. The molecule has 5 aromatic carbocycles. The van der Waals surface area contributed by atoms with E-state index in [9.17, 15) is 14.7 Å². The maximum absolute atomic E-state index is 12.8. The number of hydrogen-bond donors (Lipinski definition) is 1. The van der Waals surface area contributed by atoms with Crippen LogP contribution in [0.1, 0.15) is 91.0 Å². The Bertz CT molecular complexity index is 2320. The second kappa shape index (κ2) is 17.7. The van der Waals surface area contributed by atoms with Gasteiger partial charge in [0.05, 0.1) is 27.4 Å². The minimum absolute atomic E-state index is 0.0427. The van der Waals surface area contributed by atoms with E-state index in [1.54, 1.807) is 38.5 Å². The molecule has 4 heterocycles. The topological polar surface area (TPSA) is 107 Å². The number of nitrogens with zero attached hydrogens (tertiary/aromatic N) is 2.